The number of hydrogen-bond acceptors (Lipinski definition) is 5. The molecule has 0 aliphatic carbocycles. The monoisotopic (exact) mass is 453 g/mol. The maximum atomic E-state index is 12.9. The molecule has 3 atom stereocenters. The molecule has 0 spiro atoms. The van der Waals surface area contributed by atoms with Gasteiger partial charge in [0.25, 0.3) is 0 Å². The number of hydrogen-bond donors (Lipinski definition) is 3. The number of nitrogens with zero attached hydrogens (tertiary/aromatic N) is 1. The number of urea groups is 1. The fourth-order valence-corrected chi connectivity index (χ4v) is 3.31. The first-order valence-electron chi connectivity index (χ1n) is 10.6. The van der Waals surface area contributed by atoms with Gasteiger partial charge in [-0.15, -0.1) is 0 Å². The largest absolute Gasteiger partial charge is 0.445 e. The first kappa shape index (κ1) is 25.6. The second kappa shape index (κ2) is 11.8. The van der Waals surface area contributed by atoms with Gasteiger partial charge in [0, 0.05) is 14.1 Å². The molecule has 0 bridgehead atoms. The molecule has 176 valence electrons. The fourth-order valence-electron chi connectivity index (χ4n) is 3.31. The van der Waals surface area contributed by atoms with Crippen LogP contribution in [-0.2, 0) is 16.1 Å². The Kier molecular flexibility index (Phi) is 9.18. The Hall–Kier alpha value is -3.65. The Morgan fingerprint density at radius 2 is 1.64 bits per heavy atom. The first-order valence-corrected chi connectivity index (χ1v) is 10.6. The van der Waals surface area contributed by atoms with Gasteiger partial charge in [0.2, 0.25) is 0 Å². The van der Waals surface area contributed by atoms with Crippen LogP contribution >= 0.6 is 0 Å². The molecule has 0 fully saturated rings. The van der Waals surface area contributed by atoms with E-state index in [1.165, 1.54) is 32.8 Å². The Balaban J connectivity index is 2.38. The summed E-state index contributed by atoms with van der Waals surface area (Å²) in [6.07, 6.45) is 1.12. The molecule has 0 aliphatic rings. The number of ketones is 1. The van der Waals surface area contributed by atoms with Crippen molar-refractivity contribution in [3.8, 4) is 0 Å². The van der Waals surface area contributed by atoms with Crippen LogP contribution in [0.25, 0.3) is 6.08 Å². The molecular formula is C25H31N3O5. The maximum Gasteiger partial charge on any atom is 0.408 e. The Morgan fingerprint density at radius 3 is 2.15 bits per heavy atom. The molecule has 3 amide bonds. The molecule has 0 radical (unpaired) electrons. The van der Waals surface area contributed by atoms with E-state index in [2.05, 4.69) is 10.6 Å². The van der Waals surface area contributed by atoms with E-state index in [1.807, 2.05) is 60.7 Å². The highest BCUT2D eigenvalue weighted by Crippen LogP contribution is 2.21. The molecule has 0 saturated carbocycles. The predicted octanol–water partition coefficient (Wildman–Crippen LogP) is 2.97. The van der Waals surface area contributed by atoms with Crippen molar-refractivity contribution in [2.24, 2.45) is 0 Å². The van der Waals surface area contributed by atoms with Gasteiger partial charge < -0.3 is 25.4 Å². The number of amides is 3. The number of alkyl carbamates (subject to hydrolysis) is 1. The number of benzene rings is 2. The van der Waals surface area contributed by atoms with E-state index in [0.717, 1.165) is 11.1 Å². The van der Waals surface area contributed by atoms with Crippen LogP contribution in [0.1, 0.15) is 25.0 Å². The molecule has 3 N–H and O–H groups in total. The van der Waals surface area contributed by atoms with Gasteiger partial charge in [-0.1, -0.05) is 72.8 Å². The number of aliphatic hydroxyl groups excluding tert-OH is 1. The number of aliphatic hydroxyl groups is 1. The van der Waals surface area contributed by atoms with Gasteiger partial charge in [0.05, 0.1) is 12.1 Å². The van der Waals surface area contributed by atoms with Crippen LogP contribution in [0.3, 0.4) is 0 Å². The number of nitrogens with one attached hydrogen (secondary N) is 2. The summed E-state index contributed by atoms with van der Waals surface area (Å²) in [4.78, 5) is 39.3. The quantitative estimate of drug-likeness (QED) is 0.541. The van der Waals surface area contributed by atoms with Crippen LogP contribution in [0, 0.1) is 0 Å². The van der Waals surface area contributed by atoms with Crippen LogP contribution in [-0.4, -0.2) is 59.7 Å². The minimum Gasteiger partial charge on any atom is -0.445 e. The van der Waals surface area contributed by atoms with E-state index in [1.54, 1.807) is 12.2 Å². The summed E-state index contributed by atoms with van der Waals surface area (Å²) in [7, 11) is 3.03. The van der Waals surface area contributed by atoms with Crippen molar-refractivity contribution in [2.45, 2.75) is 38.1 Å². The van der Waals surface area contributed by atoms with Crippen LogP contribution in [0.4, 0.5) is 9.59 Å². The number of rotatable bonds is 9. The molecule has 33 heavy (non-hydrogen) atoms. The summed E-state index contributed by atoms with van der Waals surface area (Å²) in [5.74, 6) is -0.529. The molecule has 2 rings (SSSR count). The average molecular weight is 454 g/mol. The predicted molar refractivity (Wildman–Crippen MR) is 126 cm³/mol. The lowest BCUT2D eigenvalue weighted by Crippen LogP contribution is -2.71. The summed E-state index contributed by atoms with van der Waals surface area (Å²) in [6.45, 7) is 2.66. The van der Waals surface area contributed by atoms with Crippen LogP contribution in [0.2, 0.25) is 0 Å². The van der Waals surface area contributed by atoms with Crippen molar-refractivity contribution in [3.05, 3.63) is 77.9 Å². The smallest absolute Gasteiger partial charge is 0.408 e. The maximum absolute atomic E-state index is 12.9. The molecule has 2 aromatic carbocycles. The molecule has 1 unspecified atom stereocenters. The third kappa shape index (κ3) is 6.92. The van der Waals surface area contributed by atoms with Crippen molar-refractivity contribution in [1.29, 1.82) is 0 Å². The molecule has 8 heteroatoms. The van der Waals surface area contributed by atoms with Crippen molar-refractivity contribution < 1.29 is 24.2 Å². The Morgan fingerprint density at radius 1 is 1.06 bits per heavy atom. The second-order valence-corrected chi connectivity index (χ2v) is 7.88. The number of carbonyl (C=O) groups excluding carboxylic acids is 3. The van der Waals surface area contributed by atoms with E-state index in [-0.39, 0.29) is 6.61 Å². The van der Waals surface area contributed by atoms with Gasteiger partial charge in [0.15, 0.2) is 5.78 Å². The van der Waals surface area contributed by atoms with Gasteiger partial charge in [-0.25, -0.2) is 9.59 Å². The minimum atomic E-state index is -1.83. The molecule has 0 saturated heterocycles. The third-order valence-corrected chi connectivity index (χ3v) is 5.22. The minimum absolute atomic E-state index is 0.0214. The molecule has 0 aromatic heterocycles. The fraction of sp³-hybridized carbons (Fsp3) is 0.320. The van der Waals surface area contributed by atoms with Crippen LogP contribution in [0.15, 0.2) is 66.7 Å². The SMILES string of the molecule is CC(=O)C(NC(=O)N(C)C)([C@@H](C)O)[C@@H](/C=C/c1ccccc1)NC(=O)OCc1ccccc1. The molecule has 0 heterocycles. The Bertz CT molecular complexity index is 961. The lowest BCUT2D eigenvalue weighted by molar-refractivity contribution is -0.128. The van der Waals surface area contributed by atoms with Gasteiger partial charge in [-0.3, -0.25) is 4.79 Å². The number of ether oxygens (including phenoxy) is 1. The molecule has 2 aromatic rings. The number of carbonyl (C=O) groups is 3. The topological polar surface area (TPSA) is 108 Å². The van der Waals surface area contributed by atoms with E-state index in [0.29, 0.717) is 0 Å². The zero-order chi connectivity index (χ0) is 24.4. The molecule has 0 aliphatic heterocycles. The van der Waals surface area contributed by atoms with Crippen molar-refractivity contribution in [2.75, 3.05) is 14.1 Å². The van der Waals surface area contributed by atoms with Gasteiger partial charge >= 0.3 is 12.1 Å². The summed E-state index contributed by atoms with van der Waals surface area (Å²) < 4.78 is 5.32. The van der Waals surface area contributed by atoms with Gasteiger partial charge in [-0.2, -0.15) is 0 Å². The standard InChI is InChI=1S/C25H31N3O5/c1-18(29)25(19(2)30,27-23(31)28(3)4)22(16-15-20-11-7-5-8-12-20)26-24(32)33-17-21-13-9-6-10-14-21/h5-16,18,22,29H,17H2,1-4H3,(H,26,32)(H,27,31)/b16-15+/t18-,22-,25?/m1/s1. The summed E-state index contributed by atoms with van der Waals surface area (Å²) in [6, 6.07) is 16.7. The zero-order valence-corrected chi connectivity index (χ0v) is 19.3. The van der Waals surface area contributed by atoms with Crippen LogP contribution in [0.5, 0.6) is 0 Å². The average Bonchev–Trinajstić information content (AvgIpc) is 2.79. The van der Waals surface area contributed by atoms with E-state index in [9.17, 15) is 19.5 Å². The Labute approximate surface area is 194 Å². The van der Waals surface area contributed by atoms with E-state index in [4.69, 9.17) is 4.74 Å². The molecular weight excluding hydrogens is 422 g/mol. The first-order chi connectivity index (χ1) is 15.7. The zero-order valence-electron chi connectivity index (χ0n) is 19.3. The number of Topliss-reactive ketones (excluding diaryl/α,β-unsaturated/α-hetero) is 1. The van der Waals surface area contributed by atoms with Crippen molar-refractivity contribution in [3.63, 3.8) is 0 Å². The van der Waals surface area contributed by atoms with E-state index < -0.39 is 35.6 Å². The summed E-state index contributed by atoms with van der Waals surface area (Å²) in [5, 5.41) is 15.9. The summed E-state index contributed by atoms with van der Waals surface area (Å²) >= 11 is 0. The molecule has 8 nitrogen and oxygen atoms in total. The normalized spacial score (nSPS) is 14.6. The van der Waals surface area contributed by atoms with Gasteiger partial charge in [-0.05, 0) is 25.0 Å². The van der Waals surface area contributed by atoms with Crippen molar-refractivity contribution >= 4 is 24.0 Å². The van der Waals surface area contributed by atoms with Crippen molar-refractivity contribution in [1.82, 2.24) is 15.5 Å². The van der Waals surface area contributed by atoms with Crippen LogP contribution < -0.4 is 10.6 Å². The third-order valence-electron chi connectivity index (χ3n) is 5.22. The highest BCUT2D eigenvalue weighted by atomic mass is 16.5. The van der Waals surface area contributed by atoms with Gasteiger partial charge in [0.1, 0.15) is 12.1 Å². The second-order valence-electron chi connectivity index (χ2n) is 7.88. The lowest BCUT2D eigenvalue weighted by atomic mass is 9.80. The highest BCUT2D eigenvalue weighted by molar-refractivity contribution is 5.93. The lowest BCUT2D eigenvalue weighted by Gasteiger charge is -2.41. The highest BCUT2D eigenvalue weighted by Gasteiger charge is 2.49. The summed E-state index contributed by atoms with van der Waals surface area (Å²) in [5.41, 5.74) is -0.236. The van der Waals surface area contributed by atoms with E-state index >= 15 is 0 Å².